The van der Waals surface area contributed by atoms with Crippen LogP contribution in [0.2, 0.25) is 0 Å². The van der Waals surface area contributed by atoms with Crippen molar-refractivity contribution >= 4 is 23.4 Å². The number of aryl methyl sites for hydroxylation is 1. The molecule has 0 fully saturated rings. The van der Waals surface area contributed by atoms with Crippen LogP contribution in [0.5, 0.6) is 5.75 Å². The first kappa shape index (κ1) is 17.4. The Morgan fingerprint density at radius 2 is 2.00 bits per heavy atom. The minimum Gasteiger partial charge on any atom is -0.483 e. The van der Waals surface area contributed by atoms with Crippen LogP contribution in [-0.4, -0.2) is 18.8 Å². The van der Waals surface area contributed by atoms with Gasteiger partial charge in [0, 0.05) is 10.6 Å². The molecule has 0 radical (unpaired) electrons. The Kier molecular flexibility index (Phi) is 6.11. The summed E-state index contributed by atoms with van der Waals surface area (Å²) in [5.74, 6) is 1.04. The first-order chi connectivity index (χ1) is 11.0. The predicted molar refractivity (Wildman–Crippen MR) is 97.6 cm³/mol. The van der Waals surface area contributed by atoms with Crippen LogP contribution in [0.1, 0.15) is 30.9 Å². The lowest BCUT2D eigenvalue weighted by atomic mass is 10.0. The molecule has 4 heteroatoms. The summed E-state index contributed by atoms with van der Waals surface area (Å²) in [5.41, 5.74) is 3.03. The molecular weight excluding hydrogens is 306 g/mol. The summed E-state index contributed by atoms with van der Waals surface area (Å²) in [6.45, 7) is 6.27. The van der Waals surface area contributed by atoms with Gasteiger partial charge in [-0.2, -0.15) is 0 Å². The van der Waals surface area contributed by atoms with E-state index in [2.05, 4.69) is 25.2 Å². The lowest BCUT2D eigenvalue weighted by Crippen LogP contribution is -2.20. The van der Waals surface area contributed by atoms with Crippen LogP contribution < -0.4 is 10.1 Å². The Bertz CT molecular complexity index is 683. The van der Waals surface area contributed by atoms with Crippen LogP contribution >= 0.6 is 11.8 Å². The van der Waals surface area contributed by atoms with E-state index in [4.69, 9.17) is 4.74 Å². The minimum absolute atomic E-state index is 0.00584. The molecule has 0 atom stereocenters. The molecule has 0 spiro atoms. The maximum Gasteiger partial charge on any atom is 0.262 e. The zero-order chi connectivity index (χ0) is 16.8. The molecule has 0 aliphatic rings. The molecule has 0 aliphatic carbocycles. The zero-order valence-corrected chi connectivity index (χ0v) is 14.9. The number of anilines is 1. The third kappa shape index (κ3) is 5.03. The fourth-order valence-electron chi connectivity index (χ4n) is 2.17. The average Bonchev–Trinajstić information content (AvgIpc) is 2.54. The van der Waals surface area contributed by atoms with E-state index in [1.54, 1.807) is 11.8 Å². The molecule has 0 saturated heterocycles. The van der Waals surface area contributed by atoms with Gasteiger partial charge in [0.05, 0.1) is 0 Å². The average molecular weight is 329 g/mol. The predicted octanol–water partition coefficient (Wildman–Crippen LogP) is 4.86. The smallest absolute Gasteiger partial charge is 0.262 e. The molecule has 1 N–H and O–H groups in total. The Labute approximate surface area is 142 Å². The summed E-state index contributed by atoms with van der Waals surface area (Å²) in [6.07, 6.45) is 2.01. The number of hydrogen-bond acceptors (Lipinski definition) is 3. The number of benzene rings is 2. The van der Waals surface area contributed by atoms with Gasteiger partial charge in [-0.3, -0.25) is 4.79 Å². The first-order valence-electron chi connectivity index (χ1n) is 7.67. The maximum atomic E-state index is 12.1. The SMILES string of the molecule is CSc1cccc(NC(=O)COc2cc(C(C)C)ccc2C)c1. The van der Waals surface area contributed by atoms with Crippen molar-refractivity contribution in [1.82, 2.24) is 0 Å². The number of rotatable bonds is 6. The highest BCUT2D eigenvalue weighted by molar-refractivity contribution is 7.98. The number of hydrogen-bond donors (Lipinski definition) is 1. The van der Waals surface area contributed by atoms with E-state index in [-0.39, 0.29) is 12.5 Å². The summed E-state index contributed by atoms with van der Waals surface area (Å²) in [4.78, 5) is 13.2. The number of carbonyl (C=O) groups is 1. The molecule has 0 bridgehead atoms. The highest BCUT2D eigenvalue weighted by Gasteiger charge is 2.08. The normalized spacial score (nSPS) is 10.7. The molecule has 0 aromatic heterocycles. The fraction of sp³-hybridized carbons (Fsp3) is 0.316. The van der Waals surface area contributed by atoms with Crippen LogP contribution in [0.4, 0.5) is 5.69 Å². The van der Waals surface area contributed by atoms with E-state index < -0.39 is 0 Å². The summed E-state index contributed by atoms with van der Waals surface area (Å²) in [7, 11) is 0. The molecule has 0 heterocycles. The van der Waals surface area contributed by atoms with Gasteiger partial charge < -0.3 is 10.1 Å². The van der Waals surface area contributed by atoms with Gasteiger partial charge >= 0.3 is 0 Å². The van der Waals surface area contributed by atoms with Crippen LogP contribution in [0, 0.1) is 6.92 Å². The lowest BCUT2D eigenvalue weighted by Gasteiger charge is -2.13. The van der Waals surface area contributed by atoms with Crippen molar-refractivity contribution in [3.63, 3.8) is 0 Å². The molecule has 0 unspecified atom stereocenters. The zero-order valence-electron chi connectivity index (χ0n) is 14.1. The second kappa shape index (κ2) is 8.06. The summed E-state index contributed by atoms with van der Waals surface area (Å²) in [6, 6.07) is 13.9. The number of ether oxygens (including phenoxy) is 1. The van der Waals surface area contributed by atoms with Gasteiger partial charge in [0.2, 0.25) is 0 Å². The summed E-state index contributed by atoms with van der Waals surface area (Å²) >= 11 is 1.64. The van der Waals surface area contributed by atoms with Gasteiger partial charge in [-0.1, -0.05) is 32.0 Å². The summed E-state index contributed by atoms with van der Waals surface area (Å²) in [5, 5.41) is 2.87. The third-order valence-corrected chi connectivity index (χ3v) is 4.32. The molecule has 2 aromatic carbocycles. The number of carbonyl (C=O) groups excluding carboxylic acids is 1. The number of amides is 1. The van der Waals surface area contributed by atoms with Crippen molar-refractivity contribution in [1.29, 1.82) is 0 Å². The van der Waals surface area contributed by atoms with Crippen molar-refractivity contribution < 1.29 is 9.53 Å². The van der Waals surface area contributed by atoms with Crippen molar-refractivity contribution in [2.75, 3.05) is 18.2 Å². The Balaban J connectivity index is 1.97. The molecule has 1 amide bonds. The van der Waals surface area contributed by atoms with Gasteiger partial charge in [0.15, 0.2) is 6.61 Å². The largest absolute Gasteiger partial charge is 0.483 e. The van der Waals surface area contributed by atoms with E-state index in [1.807, 2.05) is 49.6 Å². The molecule has 122 valence electrons. The van der Waals surface area contributed by atoms with Crippen LogP contribution in [0.3, 0.4) is 0 Å². The molecule has 0 saturated carbocycles. The van der Waals surface area contributed by atoms with E-state index >= 15 is 0 Å². The fourth-order valence-corrected chi connectivity index (χ4v) is 2.63. The molecule has 0 aliphatic heterocycles. The topological polar surface area (TPSA) is 38.3 Å². The van der Waals surface area contributed by atoms with Gasteiger partial charge in [0.25, 0.3) is 5.91 Å². The maximum absolute atomic E-state index is 12.1. The molecule has 2 rings (SSSR count). The monoisotopic (exact) mass is 329 g/mol. The Morgan fingerprint density at radius 1 is 1.22 bits per heavy atom. The van der Waals surface area contributed by atoms with E-state index in [0.29, 0.717) is 5.92 Å². The van der Waals surface area contributed by atoms with Crippen LogP contribution in [0.25, 0.3) is 0 Å². The quantitative estimate of drug-likeness (QED) is 0.769. The second-order valence-corrected chi connectivity index (χ2v) is 6.63. The lowest BCUT2D eigenvalue weighted by molar-refractivity contribution is -0.118. The van der Waals surface area contributed by atoms with Gasteiger partial charge in [-0.05, 0) is 54.5 Å². The standard InChI is InChI=1S/C19H23NO2S/c1-13(2)15-9-8-14(3)18(10-15)22-12-19(21)20-16-6-5-7-17(11-16)23-4/h5-11,13H,12H2,1-4H3,(H,20,21). The van der Waals surface area contributed by atoms with E-state index in [9.17, 15) is 4.79 Å². The number of thioether (sulfide) groups is 1. The third-order valence-electron chi connectivity index (χ3n) is 3.59. The van der Waals surface area contributed by atoms with Crippen molar-refractivity contribution in [3.05, 3.63) is 53.6 Å². The van der Waals surface area contributed by atoms with Gasteiger partial charge in [-0.15, -0.1) is 11.8 Å². The van der Waals surface area contributed by atoms with E-state index in [1.165, 1.54) is 5.56 Å². The molecular formula is C19H23NO2S. The van der Waals surface area contributed by atoms with Crippen molar-refractivity contribution in [3.8, 4) is 5.75 Å². The van der Waals surface area contributed by atoms with Crippen molar-refractivity contribution in [2.24, 2.45) is 0 Å². The highest BCUT2D eigenvalue weighted by atomic mass is 32.2. The van der Waals surface area contributed by atoms with Gasteiger partial charge in [-0.25, -0.2) is 0 Å². The Morgan fingerprint density at radius 3 is 2.70 bits per heavy atom. The van der Waals surface area contributed by atoms with Gasteiger partial charge in [0.1, 0.15) is 5.75 Å². The van der Waals surface area contributed by atoms with Crippen LogP contribution in [0.15, 0.2) is 47.4 Å². The molecule has 2 aromatic rings. The van der Waals surface area contributed by atoms with Crippen LogP contribution in [-0.2, 0) is 4.79 Å². The molecule has 3 nitrogen and oxygen atoms in total. The molecule has 23 heavy (non-hydrogen) atoms. The highest BCUT2D eigenvalue weighted by Crippen LogP contribution is 2.24. The summed E-state index contributed by atoms with van der Waals surface area (Å²) < 4.78 is 5.70. The number of nitrogens with one attached hydrogen (secondary N) is 1. The second-order valence-electron chi connectivity index (χ2n) is 5.75. The van der Waals surface area contributed by atoms with E-state index in [0.717, 1.165) is 21.9 Å². The van der Waals surface area contributed by atoms with Crippen molar-refractivity contribution in [2.45, 2.75) is 31.6 Å². The Hall–Kier alpha value is -1.94. The minimum atomic E-state index is -0.155. The first-order valence-corrected chi connectivity index (χ1v) is 8.89.